The first-order chi connectivity index (χ1) is 18.6. The van der Waals surface area contributed by atoms with E-state index in [9.17, 15) is 18.0 Å². The molecule has 1 aromatic heterocycles. The molecule has 1 aliphatic heterocycles. The van der Waals surface area contributed by atoms with E-state index in [4.69, 9.17) is 16.0 Å². The number of nitrogens with zero attached hydrogens (tertiary/aromatic N) is 1. The van der Waals surface area contributed by atoms with Crippen LogP contribution in [-0.4, -0.2) is 43.9 Å². The number of carbonyl (C=O) groups excluding carboxylic acids is 2. The van der Waals surface area contributed by atoms with Crippen LogP contribution in [0.2, 0.25) is 5.02 Å². The van der Waals surface area contributed by atoms with E-state index in [2.05, 4.69) is 19.2 Å². The SMILES string of the molecule is CC1CC(C)CN(S(=O)(=O)c2cccc(C(=O)CNc3c(C(=O)c4ccc(Cl)cc4)oc4ccccc34)c2)C1. The predicted octanol–water partition coefficient (Wildman–Crippen LogP) is 6.28. The molecule has 0 radical (unpaired) electrons. The maximum Gasteiger partial charge on any atom is 0.243 e. The number of halogens is 1. The van der Waals surface area contributed by atoms with Crippen LogP contribution in [0.25, 0.3) is 11.0 Å². The van der Waals surface area contributed by atoms with Gasteiger partial charge in [0.1, 0.15) is 5.58 Å². The maximum atomic E-state index is 13.4. The second-order valence-corrected chi connectivity index (χ2v) is 12.6. The van der Waals surface area contributed by atoms with E-state index in [0.29, 0.717) is 40.3 Å². The van der Waals surface area contributed by atoms with E-state index < -0.39 is 10.0 Å². The lowest BCUT2D eigenvalue weighted by Crippen LogP contribution is -2.42. The van der Waals surface area contributed by atoms with Gasteiger partial charge in [-0.2, -0.15) is 4.31 Å². The molecule has 5 rings (SSSR count). The molecule has 2 unspecified atom stereocenters. The van der Waals surface area contributed by atoms with Crippen LogP contribution >= 0.6 is 11.6 Å². The maximum absolute atomic E-state index is 13.4. The first-order valence-corrected chi connectivity index (χ1v) is 14.6. The van der Waals surface area contributed by atoms with Crippen LogP contribution in [0.3, 0.4) is 0 Å². The number of Topliss-reactive ketones (excluding diaryl/α,β-unsaturated/α-hetero) is 1. The van der Waals surface area contributed by atoms with Crippen molar-refractivity contribution in [3.8, 4) is 0 Å². The van der Waals surface area contributed by atoms with E-state index in [1.54, 1.807) is 54.6 Å². The van der Waals surface area contributed by atoms with Crippen LogP contribution in [-0.2, 0) is 10.0 Å². The van der Waals surface area contributed by atoms with Crippen LogP contribution in [0.15, 0.2) is 82.1 Å². The molecule has 202 valence electrons. The Labute approximate surface area is 232 Å². The molecule has 0 bridgehead atoms. The van der Waals surface area contributed by atoms with Crippen LogP contribution in [0.4, 0.5) is 5.69 Å². The smallest absolute Gasteiger partial charge is 0.243 e. The summed E-state index contributed by atoms with van der Waals surface area (Å²) in [5, 5.41) is 4.25. The molecule has 3 aromatic carbocycles. The Morgan fingerprint density at radius 2 is 1.64 bits per heavy atom. The molecule has 39 heavy (non-hydrogen) atoms. The van der Waals surface area contributed by atoms with Gasteiger partial charge in [0.25, 0.3) is 0 Å². The monoisotopic (exact) mass is 564 g/mol. The summed E-state index contributed by atoms with van der Waals surface area (Å²) in [5.41, 5.74) is 1.56. The summed E-state index contributed by atoms with van der Waals surface area (Å²) in [4.78, 5) is 26.6. The highest BCUT2D eigenvalue weighted by molar-refractivity contribution is 7.89. The summed E-state index contributed by atoms with van der Waals surface area (Å²) in [5.74, 6) is -0.0475. The van der Waals surface area contributed by atoms with Crippen molar-refractivity contribution >= 4 is 49.8 Å². The molecular formula is C30H29ClN2O5S. The number of fused-ring (bicyclic) bond motifs is 1. The van der Waals surface area contributed by atoms with Gasteiger partial charge in [-0.05, 0) is 66.8 Å². The van der Waals surface area contributed by atoms with E-state index in [1.807, 2.05) is 6.07 Å². The number of furan rings is 1. The second-order valence-electron chi connectivity index (χ2n) is 10.2. The number of benzene rings is 3. The Morgan fingerprint density at radius 3 is 2.36 bits per heavy atom. The fourth-order valence-electron chi connectivity index (χ4n) is 5.17. The van der Waals surface area contributed by atoms with Gasteiger partial charge in [-0.3, -0.25) is 9.59 Å². The highest BCUT2D eigenvalue weighted by Gasteiger charge is 2.32. The van der Waals surface area contributed by atoms with E-state index in [-0.39, 0.29) is 46.2 Å². The quantitative estimate of drug-likeness (QED) is 0.253. The summed E-state index contributed by atoms with van der Waals surface area (Å²) >= 11 is 5.97. The van der Waals surface area contributed by atoms with Gasteiger partial charge < -0.3 is 9.73 Å². The number of nitrogens with one attached hydrogen (secondary N) is 1. The fraction of sp³-hybridized carbons (Fsp3) is 0.267. The van der Waals surface area contributed by atoms with Gasteiger partial charge in [0.15, 0.2) is 11.5 Å². The van der Waals surface area contributed by atoms with Crippen LogP contribution in [0, 0.1) is 11.8 Å². The number of para-hydroxylation sites is 1. The molecule has 7 nitrogen and oxygen atoms in total. The first-order valence-electron chi connectivity index (χ1n) is 12.8. The standard InChI is InChI=1S/C30H29ClN2O5S/c1-19-14-20(2)18-33(17-19)39(36,37)24-7-5-6-22(15-24)26(34)16-32-28-25-8-3-4-9-27(25)38-30(28)29(35)21-10-12-23(31)13-11-21/h3-13,15,19-20,32H,14,16-18H2,1-2H3. The molecule has 9 heteroatoms. The number of anilines is 1. The third-order valence-corrected chi connectivity index (χ3v) is 9.04. The van der Waals surface area contributed by atoms with E-state index in [0.717, 1.165) is 6.42 Å². The molecule has 2 atom stereocenters. The topological polar surface area (TPSA) is 96.7 Å². The molecule has 0 aliphatic carbocycles. The van der Waals surface area contributed by atoms with Crippen molar-refractivity contribution in [3.05, 3.63) is 94.7 Å². The Balaban J connectivity index is 1.39. The van der Waals surface area contributed by atoms with Crippen molar-refractivity contribution in [3.63, 3.8) is 0 Å². The number of rotatable bonds is 8. The number of carbonyl (C=O) groups is 2. The summed E-state index contributed by atoms with van der Waals surface area (Å²) in [6, 6.07) is 19.8. The number of ketones is 2. The third kappa shape index (κ3) is 5.64. The molecule has 1 fully saturated rings. The minimum absolute atomic E-state index is 0.0796. The summed E-state index contributed by atoms with van der Waals surface area (Å²) in [6.45, 7) is 4.87. The summed E-state index contributed by atoms with van der Waals surface area (Å²) in [7, 11) is -3.73. The molecule has 0 amide bonds. The zero-order valence-corrected chi connectivity index (χ0v) is 23.3. The van der Waals surface area contributed by atoms with Crippen LogP contribution < -0.4 is 5.32 Å². The largest absolute Gasteiger partial charge is 0.450 e. The number of piperidine rings is 1. The minimum Gasteiger partial charge on any atom is -0.450 e. The van der Waals surface area contributed by atoms with Crippen molar-refractivity contribution in [1.29, 1.82) is 0 Å². The molecule has 1 aliphatic rings. The third-order valence-electron chi connectivity index (χ3n) is 6.96. The Hall–Kier alpha value is -3.46. The molecule has 0 spiro atoms. The molecule has 1 saturated heterocycles. The molecule has 2 heterocycles. The van der Waals surface area contributed by atoms with E-state index in [1.165, 1.54) is 16.4 Å². The number of hydrogen-bond acceptors (Lipinski definition) is 6. The summed E-state index contributed by atoms with van der Waals surface area (Å²) < 4.78 is 34.1. The van der Waals surface area contributed by atoms with Gasteiger partial charge in [-0.1, -0.05) is 49.7 Å². The van der Waals surface area contributed by atoms with Crippen molar-refractivity contribution in [1.82, 2.24) is 4.31 Å². The van der Waals surface area contributed by atoms with Gasteiger partial charge in [-0.15, -0.1) is 0 Å². The molecule has 4 aromatic rings. The predicted molar refractivity (Wildman–Crippen MR) is 152 cm³/mol. The van der Waals surface area contributed by atoms with Crippen molar-refractivity contribution < 1.29 is 22.4 Å². The van der Waals surface area contributed by atoms with Crippen molar-refractivity contribution in [2.24, 2.45) is 11.8 Å². The van der Waals surface area contributed by atoms with Crippen LogP contribution in [0.1, 0.15) is 46.7 Å². The lowest BCUT2D eigenvalue weighted by atomic mass is 9.94. The first kappa shape index (κ1) is 27.1. The normalized spacial score (nSPS) is 18.2. The average molecular weight is 565 g/mol. The molecular weight excluding hydrogens is 536 g/mol. The number of hydrogen-bond donors (Lipinski definition) is 1. The Kier molecular flexibility index (Phi) is 7.62. The molecule has 1 N–H and O–H groups in total. The van der Waals surface area contributed by atoms with Gasteiger partial charge in [0, 0.05) is 34.6 Å². The lowest BCUT2D eigenvalue weighted by molar-refractivity contribution is 0.0997. The highest BCUT2D eigenvalue weighted by Crippen LogP contribution is 2.33. The minimum atomic E-state index is -3.73. The lowest BCUT2D eigenvalue weighted by Gasteiger charge is -2.34. The fourth-order valence-corrected chi connectivity index (χ4v) is 7.02. The van der Waals surface area contributed by atoms with Gasteiger partial charge in [-0.25, -0.2) is 8.42 Å². The van der Waals surface area contributed by atoms with Gasteiger partial charge in [0.05, 0.1) is 17.1 Å². The zero-order valence-electron chi connectivity index (χ0n) is 21.7. The van der Waals surface area contributed by atoms with Crippen LogP contribution in [0.5, 0.6) is 0 Å². The van der Waals surface area contributed by atoms with Gasteiger partial charge in [0.2, 0.25) is 15.8 Å². The van der Waals surface area contributed by atoms with Gasteiger partial charge >= 0.3 is 0 Å². The second kappa shape index (κ2) is 11.0. The van der Waals surface area contributed by atoms with E-state index >= 15 is 0 Å². The van der Waals surface area contributed by atoms with Crippen molar-refractivity contribution in [2.75, 3.05) is 25.0 Å². The zero-order chi connectivity index (χ0) is 27.7. The Morgan fingerprint density at radius 1 is 0.949 bits per heavy atom. The van der Waals surface area contributed by atoms with Crippen molar-refractivity contribution in [2.45, 2.75) is 25.2 Å². The molecule has 0 saturated carbocycles. The average Bonchev–Trinajstić information content (AvgIpc) is 3.30. The number of sulfonamides is 1. The Bertz CT molecular complexity index is 1640. The highest BCUT2D eigenvalue weighted by atomic mass is 35.5. The summed E-state index contributed by atoms with van der Waals surface area (Å²) in [6.07, 6.45) is 0.988.